The summed E-state index contributed by atoms with van der Waals surface area (Å²) in [6, 6.07) is 4.38. The van der Waals surface area contributed by atoms with Crippen molar-refractivity contribution in [1.82, 2.24) is 20.6 Å². The molecule has 4 heterocycles. The molecule has 0 unspecified atom stereocenters. The van der Waals surface area contributed by atoms with Gasteiger partial charge in [-0.3, -0.25) is 4.79 Å². The second kappa shape index (κ2) is 5.40. The molecule has 5 nitrogen and oxygen atoms in total. The summed E-state index contributed by atoms with van der Waals surface area (Å²) < 4.78 is 13.7. The Balaban J connectivity index is 1.49. The Hall–Kier alpha value is -1.86. The summed E-state index contributed by atoms with van der Waals surface area (Å²) in [6.45, 7) is 0. The SMILES string of the molecule is O=C(N[C@@H]1C[C@H]2CC[C@@H]1N2)c1cnc(-c2cccnc2F)s1. The van der Waals surface area contributed by atoms with Crippen LogP contribution < -0.4 is 10.6 Å². The van der Waals surface area contributed by atoms with Gasteiger partial charge in [-0.25, -0.2) is 9.97 Å². The molecule has 2 aromatic heterocycles. The Morgan fingerprint density at radius 2 is 2.32 bits per heavy atom. The molecule has 2 bridgehead atoms. The van der Waals surface area contributed by atoms with Gasteiger partial charge in [0.05, 0.1) is 11.8 Å². The number of pyridine rings is 1. The minimum Gasteiger partial charge on any atom is -0.347 e. The lowest BCUT2D eigenvalue weighted by atomic mass is 9.95. The number of nitrogens with zero attached hydrogens (tertiary/aromatic N) is 2. The molecule has 0 aromatic carbocycles. The van der Waals surface area contributed by atoms with E-state index in [2.05, 4.69) is 20.6 Å². The van der Waals surface area contributed by atoms with Gasteiger partial charge >= 0.3 is 0 Å². The summed E-state index contributed by atoms with van der Waals surface area (Å²) in [5.74, 6) is -0.700. The topological polar surface area (TPSA) is 66.9 Å². The number of halogens is 1. The molecule has 114 valence electrons. The van der Waals surface area contributed by atoms with Crippen molar-refractivity contribution in [2.24, 2.45) is 0 Å². The van der Waals surface area contributed by atoms with Crippen LogP contribution in [0.5, 0.6) is 0 Å². The van der Waals surface area contributed by atoms with Gasteiger partial charge in [0, 0.05) is 24.3 Å². The van der Waals surface area contributed by atoms with Crippen molar-refractivity contribution in [2.45, 2.75) is 37.4 Å². The van der Waals surface area contributed by atoms with Crippen molar-refractivity contribution >= 4 is 17.2 Å². The number of aromatic nitrogens is 2. The second-order valence-electron chi connectivity index (χ2n) is 5.73. The molecule has 2 aliphatic heterocycles. The fourth-order valence-electron chi connectivity index (χ4n) is 3.27. The minimum atomic E-state index is -0.568. The standard InChI is InChI=1S/C15H15FN4OS/c16-13-9(2-1-5-17-13)15-18-7-12(22-15)14(21)20-11-6-8-3-4-10(11)19-8/h1-2,5,7-8,10-11,19H,3-4,6H2,(H,20,21)/t8-,10+,11-/m1/s1. The number of fused-ring (bicyclic) bond motifs is 2. The predicted molar refractivity (Wildman–Crippen MR) is 81.1 cm³/mol. The number of carbonyl (C=O) groups excluding carboxylic acids is 1. The van der Waals surface area contributed by atoms with Crippen LogP contribution in [0.2, 0.25) is 0 Å². The van der Waals surface area contributed by atoms with Gasteiger partial charge in [0.1, 0.15) is 9.88 Å². The third kappa shape index (κ3) is 2.40. The maximum Gasteiger partial charge on any atom is 0.263 e. The Kier molecular flexibility index (Phi) is 3.38. The van der Waals surface area contributed by atoms with Crippen molar-refractivity contribution in [3.63, 3.8) is 0 Å². The zero-order chi connectivity index (χ0) is 15.1. The van der Waals surface area contributed by atoms with Gasteiger partial charge < -0.3 is 10.6 Å². The smallest absolute Gasteiger partial charge is 0.263 e. The molecule has 22 heavy (non-hydrogen) atoms. The number of hydrogen-bond acceptors (Lipinski definition) is 5. The Labute approximate surface area is 131 Å². The molecule has 2 saturated heterocycles. The van der Waals surface area contributed by atoms with Crippen molar-refractivity contribution in [1.29, 1.82) is 0 Å². The van der Waals surface area contributed by atoms with Gasteiger partial charge in [-0.2, -0.15) is 4.39 Å². The molecule has 0 aliphatic carbocycles. The van der Waals surface area contributed by atoms with E-state index in [1.807, 2.05) is 0 Å². The summed E-state index contributed by atoms with van der Waals surface area (Å²) in [4.78, 5) is 20.6. The molecule has 2 fully saturated rings. The molecule has 0 spiro atoms. The number of amides is 1. The summed E-state index contributed by atoms with van der Waals surface area (Å²) in [7, 11) is 0. The fraction of sp³-hybridized carbons (Fsp3) is 0.400. The first-order valence-electron chi connectivity index (χ1n) is 7.34. The van der Waals surface area contributed by atoms with Crippen LogP contribution in [-0.2, 0) is 0 Å². The van der Waals surface area contributed by atoms with Crippen LogP contribution in [0.1, 0.15) is 28.9 Å². The Morgan fingerprint density at radius 3 is 3.05 bits per heavy atom. The van der Waals surface area contributed by atoms with Crippen molar-refractivity contribution in [3.05, 3.63) is 35.4 Å². The van der Waals surface area contributed by atoms with Crippen LogP contribution in [0.25, 0.3) is 10.6 Å². The average Bonchev–Trinajstić information content (AvgIpc) is 3.24. The molecule has 4 rings (SSSR count). The van der Waals surface area contributed by atoms with Gasteiger partial charge in [0.25, 0.3) is 5.91 Å². The number of nitrogens with one attached hydrogen (secondary N) is 2. The summed E-state index contributed by atoms with van der Waals surface area (Å²) >= 11 is 1.19. The lowest BCUT2D eigenvalue weighted by molar-refractivity contribution is 0.0935. The minimum absolute atomic E-state index is 0.132. The number of thiazole rings is 1. The maximum atomic E-state index is 13.7. The first kappa shape index (κ1) is 13.8. The zero-order valence-electron chi connectivity index (χ0n) is 11.8. The molecule has 1 amide bonds. The van der Waals surface area contributed by atoms with E-state index in [1.165, 1.54) is 30.2 Å². The Morgan fingerprint density at radius 1 is 1.41 bits per heavy atom. The molecule has 2 N–H and O–H groups in total. The van der Waals surface area contributed by atoms with E-state index in [0.29, 0.717) is 27.5 Å². The highest BCUT2D eigenvalue weighted by atomic mass is 32.1. The fourth-order valence-corrected chi connectivity index (χ4v) is 4.11. The molecule has 3 atom stereocenters. The van der Waals surface area contributed by atoms with E-state index >= 15 is 0 Å². The molecule has 2 aliphatic rings. The number of hydrogen-bond donors (Lipinski definition) is 2. The van der Waals surface area contributed by atoms with Crippen LogP contribution in [0.4, 0.5) is 4.39 Å². The van der Waals surface area contributed by atoms with E-state index in [0.717, 1.165) is 12.8 Å². The van der Waals surface area contributed by atoms with Gasteiger partial charge in [-0.15, -0.1) is 11.3 Å². The van der Waals surface area contributed by atoms with Crippen molar-refractivity contribution in [3.8, 4) is 10.6 Å². The van der Waals surface area contributed by atoms with Crippen molar-refractivity contribution < 1.29 is 9.18 Å². The van der Waals surface area contributed by atoms with Crippen LogP contribution in [-0.4, -0.2) is 34.0 Å². The first-order valence-corrected chi connectivity index (χ1v) is 8.16. The Bertz CT molecular complexity index is 719. The highest BCUT2D eigenvalue weighted by molar-refractivity contribution is 7.16. The summed E-state index contributed by atoms with van der Waals surface area (Å²) in [5.41, 5.74) is 0.327. The molecular weight excluding hydrogens is 303 g/mol. The lowest BCUT2D eigenvalue weighted by Gasteiger charge is -2.20. The largest absolute Gasteiger partial charge is 0.347 e. The van der Waals surface area contributed by atoms with Crippen LogP contribution in [0.3, 0.4) is 0 Å². The molecule has 7 heteroatoms. The van der Waals surface area contributed by atoms with Gasteiger partial charge in [-0.1, -0.05) is 0 Å². The summed E-state index contributed by atoms with van der Waals surface area (Å²) in [5, 5.41) is 7.03. The lowest BCUT2D eigenvalue weighted by Crippen LogP contribution is -2.42. The molecule has 0 radical (unpaired) electrons. The van der Waals surface area contributed by atoms with Gasteiger partial charge in [0.15, 0.2) is 0 Å². The van der Waals surface area contributed by atoms with Crippen LogP contribution >= 0.6 is 11.3 Å². The number of carbonyl (C=O) groups is 1. The first-order chi connectivity index (χ1) is 10.7. The molecule has 2 aromatic rings. The maximum absolute atomic E-state index is 13.7. The second-order valence-corrected chi connectivity index (χ2v) is 6.77. The van der Waals surface area contributed by atoms with E-state index in [-0.39, 0.29) is 11.9 Å². The third-order valence-electron chi connectivity index (χ3n) is 4.34. The molecular formula is C15H15FN4OS. The van der Waals surface area contributed by atoms with Gasteiger partial charge in [-0.05, 0) is 31.4 Å². The quantitative estimate of drug-likeness (QED) is 0.849. The predicted octanol–water partition coefficient (Wildman–Crippen LogP) is 1.97. The highest BCUT2D eigenvalue weighted by Gasteiger charge is 2.39. The third-order valence-corrected chi connectivity index (χ3v) is 5.36. The van der Waals surface area contributed by atoms with E-state index in [1.54, 1.807) is 12.1 Å². The van der Waals surface area contributed by atoms with E-state index in [4.69, 9.17) is 0 Å². The highest BCUT2D eigenvalue weighted by Crippen LogP contribution is 2.30. The van der Waals surface area contributed by atoms with E-state index in [9.17, 15) is 9.18 Å². The van der Waals surface area contributed by atoms with Crippen LogP contribution in [0, 0.1) is 5.95 Å². The van der Waals surface area contributed by atoms with E-state index < -0.39 is 5.95 Å². The zero-order valence-corrected chi connectivity index (χ0v) is 12.6. The summed E-state index contributed by atoms with van der Waals surface area (Å²) in [6.07, 6.45) is 6.19. The number of rotatable bonds is 3. The average molecular weight is 318 g/mol. The molecule has 0 saturated carbocycles. The van der Waals surface area contributed by atoms with Crippen molar-refractivity contribution in [2.75, 3.05) is 0 Å². The van der Waals surface area contributed by atoms with Gasteiger partial charge in [0.2, 0.25) is 5.95 Å². The monoisotopic (exact) mass is 318 g/mol. The normalized spacial score (nSPS) is 26.3. The van der Waals surface area contributed by atoms with Crippen LogP contribution in [0.15, 0.2) is 24.5 Å².